The number of hydrogen-bond acceptors (Lipinski definition) is 3. The Morgan fingerprint density at radius 2 is 2.00 bits per heavy atom. The summed E-state index contributed by atoms with van der Waals surface area (Å²) in [7, 11) is 0. The molecule has 1 aromatic carbocycles. The Morgan fingerprint density at radius 1 is 1.30 bits per heavy atom. The van der Waals surface area contributed by atoms with Crippen molar-refractivity contribution < 1.29 is 20.1 Å². The summed E-state index contributed by atoms with van der Waals surface area (Å²) in [6, 6.07) is 10.0. The lowest BCUT2D eigenvalue weighted by molar-refractivity contribution is -0.139. The molecule has 0 aromatic heterocycles. The lowest BCUT2D eigenvalue weighted by Gasteiger charge is -2.22. The van der Waals surface area contributed by atoms with Gasteiger partial charge in [0.15, 0.2) is 0 Å². The quantitative estimate of drug-likeness (QED) is 0.676. The monoisotopic (exact) mass is 318 g/mol. The van der Waals surface area contributed by atoms with Crippen LogP contribution in [0.25, 0.3) is 0 Å². The van der Waals surface area contributed by atoms with E-state index in [1.54, 1.807) is 13.0 Å². The van der Waals surface area contributed by atoms with Crippen LogP contribution in [0.4, 0.5) is 0 Å². The minimum Gasteiger partial charge on any atom is -0.481 e. The fraction of sp³-hybridized carbons (Fsp3) is 0.526. The topological polar surface area (TPSA) is 77.8 Å². The Kier molecular flexibility index (Phi) is 5.97. The van der Waals surface area contributed by atoms with Gasteiger partial charge in [-0.05, 0) is 44.1 Å². The molecule has 0 aliphatic heterocycles. The largest absolute Gasteiger partial charge is 0.481 e. The van der Waals surface area contributed by atoms with Gasteiger partial charge in [-0.25, -0.2) is 0 Å². The highest BCUT2D eigenvalue weighted by molar-refractivity contribution is 5.67. The summed E-state index contributed by atoms with van der Waals surface area (Å²) in [6.45, 7) is 1.77. The van der Waals surface area contributed by atoms with E-state index in [1.165, 1.54) is 5.56 Å². The van der Waals surface area contributed by atoms with Crippen LogP contribution in [0.5, 0.6) is 0 Å². The number of aliphatic hydroxyl groups excluding tert-OH is 1. The smallest absolute Gasteiger partial charge is 0.303 e. The second kappa shape index (κ2) is 7.75. The molecule has 23 heavy (non-hydrogen) atoms. The minimum atomic E-state index is -0.933. The molecular weight excluding hydrogens is 292 g/mol. The van der Waals surface area contributed by atoms with E-state index in [4.69, 9.17) is 5.11 Å². The number of carboxylic acid groups (broad SMARTS) is 1. The number of benzene rings is 1. The summed E-state index contributed by atoms with van der Waals surface area (Å²) in [4.78, 5) is 10.9. The molecule has 1 saturated carbocycles. The molecule has 1 aliphatic rings. The number of rotatable bonds is 7. The highest BCUT2D eigenvalue weighted by Gasteiger charge is 2.35. The van der Waals surface area contributed by atoms with Crippen LogP contribution in [0.3, 0.4) is 0 Å². The van der Waals surface area contributed by atoms with Crippen molar-refractivity contribution in [1.82, 2.24) is 0 Å². The Hall–Kier alpha value is -1.65. The molecule has 0 spiro atoms. The second-order valence-corrected chi connectivity index (χ2v) is 6.77. The van der Waals surface area contributed by atoms with Gasteiger partial charge < -0.3 is 15.3 Å². The number of carboxylic acids is 1. The normalized spacial score (nSPS) is 27.2. The summed E-state index contributed by atoms with van der Waals surface area (Å²) < 4.78 is 0. The van der Waals surface area contributed by atoms with Crippen molar-refractivity contribution in [3.63, 3.8) is 0 Å². The van der Waals surface area contributed by atoms with Crippen molar-refractivity contribution in [2.24, 2.45) is 11.8 Å². The van der Waals surface area contributed by atoms with Gasteiger partial charge in [-0.2, -0.15) is 0 Å². The zero-order valence-corrected chi connectivity index (χ0v) is 13.6. The van der Waals surface area contributed by atoms with Crippen molar-refractivity contribution in [2.45, 2.75) is 50.7 Å². The minimum absolute atomic E-state index is 0.0179. The molecule has 1 aliphatic carbocycles. The Balaban J connectivity index is 1.93. The fourth-order valence-electron chi connectivity index (χ4n) is 3.26. The first-order valence-corrected chi connectivity index (χ1v) is 8.23. The molecule has 3 N–H and O–H groups in total. The predicted molar refractivity (Wildman–Crippen MR) is 89.0 cm³/mol. The molecule has 4 atom stereocenters. The van der Waals surface area contributed by atoms with E-state index >= 15 is 0 Å². The number of allylic oxidation sites excluding steroid dienone is 1. The van der Waals surface area contributed by atoms with Gasteiger partial charge in [0.2, 0.25) is 0 Å². The zero-order chi connectivity index (χ0) is 16.9. The van der Waals surface area contributed by atoms with Gasteiger partial charge in [-0.15, -0.1) is 0 Å². The van der Waals surface area contributed by atoms with Crippen LogP contribution in [-0.2, 0) is 11.2 Å². The van der Waals surface area contributed by atoms with Crippen LogP contribution in [0, 0.1) is 11.8 Å². The van der Waals surface area contributed by atoms with Crippen LogP contribution < -0.4 is 0 Å². The van der Waals surface area contributed by atoms with Gasteiger partial charge in [0.1, 0.15) is 0 Å². The molecule has 1 unspecified atom stereocenters. The van der Waals surface area contributed by atoms with E-state index in [-0.39, 0.29) is 18.3 Å². The lowest BCUT2D eigenvalue weighted by Crippen LogP contribution is -2.24. The maximum absolute atomic E-state index is 10.9. The van der Waals surface area contributed by atoms with Gasteiger partial charge in [-0.1, -0.05) is 42.5 Å². The van der Waals surface area contributed by atoms with Crippen LogP contribution in [-0.4, -0.2) is 33.0 Å². The average Bonchev–Trinajstić information content (AvgIpc) is 2.85. The first-order chi connectivity index (χ1) is 10.9. The highest BCUT2D eigenvalue weighted by atomic mass is 16.4. The maximum Gasteiger partial charge on any atom is 0.303 e. The van der Waals surface area contributed by atoms with Crippen molar-refractivity contribution in [3.8, 4) is 0 Å². The van der Waals surface area contributed by atoms with Gasteiger partial charge >= 0.3 is 5.97 Å². The van der Waals surface area contributed by atoms with E-state index in [2.05, 4.69) is 0 Å². The van der Waals surface area contributed by atoms with Crippen molar-refractivity contribution in [3.05, 3.63) is 48.0 Å². The number of aliphatic hydroxyl groups is 2. The Labute approximate surface area is 137 Å². The fourth-order valence-corrected chi connectivity index (χ4v) is 3.26. The molecule has 0 radical (unpaired) electrons. The van der Waals surface area contributed by atoms with Crippen molar-refractivity contribution >= 4 is 5.97 Å². The first kappa shape index (κ1) is 17.7. The second-order valence-electron chi connectivity index (χ2n) is 6.77. The number of aryl methyl sites for hydroxylation is 1. The van der Waals surface area contributed by atoms with E-state index in [1.807, 2.05) is 36.4 Å². The summed E-state index contributed by atoms with van der Waals surface area (Å²) in [5, 5.41) is 29.4. The highest BCUT2D eigenvalue weighted by Crippen LogP contribution is 2.36. The molecule has 0 bridgehead atoms. The summed E-state index contributed by atoms with van der Waals surface area (Å²) in [5.41, 5.74) is 0.248. The summed E-state index contributed by atoms with van der Waals surface area (Å²) >= 11 is 0. The van der Waals surface area contributed by atoms with Crippen LogP contribution >= 0.6 is 0 Å². The molecule has 0 saturated heterocycles. The average molecular weight is 318 g/mol. The molecule has 126 valence electrons. The SMILES string of the molecule is CC(O)(C=C[C@H]1CC[C@H](O)[C@@H]1CC(=O)O)CCc1ccccc1. The van der Waals surface area contributed by atoms with E-state index < -0.39 is 17.7 Å². The Bertz CT molecular complexity index is 536. The molecule has 2 rings (SSSR count). The third-order valence-electron chi connectivity index (χ3n) is 4.72. The van der Waals surface area contributed by atoms with E-state index in [0.717, 1.165) is 12.8 Å². The van der Waals surface area contributed by atoms with Crippen LogP contribution in [0.2, 0.25) is 0 Å². The van der Waals surface area contributed by atoms with Gasteiger partial charge in [0.25, 0.3) is 0 Å². The number of carbonyl (C=O) groups is 1. The summed E-state index contributed by atoms with van der Waals surface area (Å²) in [6.07, 6.45) is 5.86. The number of hydrogen-bond donors (Lipinski definition) is 3. The number of aliphatic carboxylic acids is 1. The molecule has 4 nitrogen and oxygen atoms in total. The van der Waals surface area contributed by atoms with Crippen molar-refractivity contribution in [2.75, 3.05) is 0 Å². The lowest BCUT2D eigenvalue weighted by atomic mass is 9.88. The van der Waals surface area contributed by atoms with Crippen LogP contribution in [0.1, 0.15) is 38.2 Å². The molecule has 0 amide bonds. The van der Waals surface area contributed by atoms with Crippen molar-refractivity contribution in [1.29, 1.82) is 0 Å². The van der Waals surface area contributed by atoms with E-state index in [9.17, 15) is 15.0 Å². The van der Waals surface area contributed by atoms with E-state index in [0.29, 0.717) is 12.8 Å². The molecule has 0 heterocycles. The first-order valence-electron chi connectivity index (χ1n) is 8.23. The summed E-state index contributed by atoms with van der Waals surface area (Å²) in [5.74, 6) is -1.12. The van der Waals surface area contributed by atoms with Gasteiger partial charge in [0.05, 0.1) is 18.1 Å². The standard InChI is InChI=1S/C19H26O4/c1-19(23,11-9-14-5-3-2-4-6-14)12-10-15-7-8-17(20)16(15)13-18(21)22/h2-6,10,12,15-17,20,23H,7-9,11,13H2,1H3,(H,21,22)/t15-,16-,17+,19?/m1/s1. The van der Waals surface area contributed by atoms with Gasteiger partial charge in [-0.3, -0.25) is 4.79 Å². The molecule has 1 fully saturated rings. The molecule has 4 heteroatoms. The Morgan fingerprint density at radius 3 is 2.65 bits per heavy atom. The predicted octanol–water partition coefficient (Wildman–Crippen LogP) is 2.79. The van der Waals surface area contributed by atoms with Gasteiger partial charge in [0, 0.05) is 5.92 Å². The molecule has 1 aromatic rings. The zero-order valence-electron chi connectivity index (χ0n) is 13.6. The molecular formula is C19H26O4. The third-order valence-corrected chi connectivity index (χ3v) is 4.72. The van der Waals surface area contributed by atoms with Crippen LogP contribution in [0.15, 0.2) is 42.5 Å². The third kappa shape index (κ3) is 5.48. The maximum atomic E-state index is 10.9.